The number of para-hydroxylation sites is 1. The van der Waals surface area contributed by atoms with Crippen molar-refractivity contribution in [3.63, 3.8) is 0 Å². The fourth-order valence-corrected chi connectivity index (χ4v) is 4.21. The van der Waals surface area contributed by atoms with Gasteiger partial charge in [0.15, 0.2) is 11.5 Å². The highest BCUT2D eigenvalue weighted by Gasteiger charge is 2.20. The topological polar surface area (TPSA) is 105 Å². The first kappa shape index (κ1) is 25.0. The van der Waals surface area contributed by atoms with Gasteiger partial charge in [0.2, 0.25) is 0 Å². The number of hydrogen-bond donors (Lipinski definition) is 1. The number of anilines is 1. The number of nitrogens with one attached hydrogen (secondary N) is 1. The maximum Gasteiger partial charge on any atom is 0.339 e. The zero-order chi connectivity index (χ0) is 24.7. The van der Waals surface area contributed by atoms with Gasteiger partial charge in [-0.1, -0.05) is 35.9 Å². The van der Waals surface area contributed by atoms with Crippen LogP contribution in [0.3, 0.4) is 0 Å². The van der Waals surface area contributed by atoms with E-state index in [2.05, 4.69) is 21.2 Å². The third kappa shape index (κ3) is 6.25. The molecular formula is C25H21BrN2O5S. The number of rotatable bonds is 8. The average molecular weight is 541 g/mol. The van der Waals surface area contributed by atoms with Crippen LogP contribution in [-0.2, 0) is 14.9 Å². The summed E-state index contributed by atoms with van der Waals surface area (Å²) in [6.07, 6.45) is 1.38. The summed E-state index contributed by atoms with van der Waals surface area (Å²) in [5.41, 5.74) is 1.76. The van der Waals surface area contributed by atoms with Crippen LogP contribution in [-0.4, -0.2) is 20.9 Å². The predicted octanol–water partition coefficient (Wildman–Crippen LogP) is 5.47. The van der Waals surface area contributed by atoms with E-state index in [1.54, 1.807) is 43.3 Å². The highest BCUT2D eigenvalue weighted by Crippen LogP contribution is 2.32. The van der Waals surface area contributed by atoms with Gasteiger partial charge in [0.25, 0.3) is 5.91 Å². The van der Waals surface area contributed by atoms with Crippen molar-refractivity contribution in [1.82, 2.24) is 0 Å². The van der Waals surface area contributed by atoms with Crippen molar-refractivity contribution < 1.29 is 22.1 Å². The lowest BCUT2D eigenvalue weighted by Gasteiger charge is -2.13. The van der Waals surface area contributed by atoms with Gasteiger partial charge >= 0.3 is 10.1 Å². The van der Waals surface area contributed by atoms with Crippen molar-refractivity contribution in [3.05, 3.63) is 87.9 Å². The summed E-state index contributed by atoms with van der Waals surface area (Å²) < 4.78 is 36.9. The van der Waals surface area contributed by atoms with E-state index in [-0.39, 0.29) is 28.6 Å². The standard InChI is InChI=1S/C25H21BrN2O5S/c1-3-32-24-15-18(14-19(16-27)25(29)28-22-7-5-4-6-21(22)26)10-13-23(24)33-34(30,31)20-11-8-17(2)9-12-20/h4-15H,3H2,1-2H3,(H,28,29)/b19-14+. The Bertz CT molecular complexity index is 1380. The van der Waals surface area contributed by atoms with Crippen LogP contribution in [0.5, 0.6) is 11.5 Å². The lowest BCUT2D eigenvalue weighted by molar-refractivity contribution is -0.112. The maximum atomic E-state index is 12.7. The SMILES string of the molecule is CCOc1cc(/C=C(\C#N)C(=O)Nc2ccccc2Br)ccc1OS(=O)(=O)c1ccc(C)cc1. The van der Waals surface area contributed by atoms with Gasteiger partial charge in [-0.15, -0.1) is 0 Å². The number of benzene rings is 3. The summed E-state index contributed by atoms with van der Waals surface area (Å²) in [5, 5.41) is 12.2. The lowest BCUT2D eigenvalue weighted by Crippen LogP contribution is -2.13. The number of ether oxygens (including phenoxy) is 1. The minimum absolute atomic E-state index is 0.00393. The minimum atomic E-state index is -4.08. The van der Waals surface area contributed by atoms with Crippen LogP contribution < -0.4 is 14.2 Å². The quantitative estimate of drug-likeness (QED) is 0.230. The Kier molecular flexibility index (Phi) is 8.10. The van der Waals surface area contributed by atoms with Crippen molar-refractivity contribution in [2.75, 3.05) is 11.9 Å². The van der Waals surface area contributed by atoms with E-state index < -0.39 is 16.0 Å². The van der Waals surface area contributed by atoms with Crippen LogP contribution in [0.4, 0.5) is 5.69 Å². The van der Waals surface area contributed by atoms with Gasteiger partial charge in [-0.25, -0.2) is 0 Å². The molecule has 3 aromatic carbocycles. The van der Waals surface area contributed by atoms with Crippen molar-refractivity contribution in [2.24, 2.45) is 0 Å². The Morgan fingerprint density at radius 3 is 2.44 bits per heavy atom. The van der Waals surface area contributed by atoms with E-state index in [1.807, 2.05) is 13.0 Å². The Hall–Kier alpha value is -3.61. The first-order chi connectivity index (χ1) is 16.2. The molecule has 0 aliphatic carbocycles. The third-order valence-electron chi connectivity index (χ3n) is 4.57. The number of aryl methyl sites for hydroxylation is 1. The molecule has 0 saturated carbocycles. The van der Waals surface area contributed by atoms with Crippen molar-refractivity contribution in [3.8, 4) is 17.6 Å². The summed E-state index contributed by atoms with van der Waals surface area (Å²) in [6, 6.07) is 19.7. The third-order valence-corrected chi connectivity index (χ3v) is 6.51. The average Bonchev–Trinajstić information content (AvgIpc) is 2.81. The molecule has 0 saturated heterocycles. The smallest absolute Gasteiger partial charge is 0.339 e. The monoisotopic (exact) mass is 540 g/mol. The van der Waals surface area contributed by atoms with Crippen molar-refractivity contribution >= 4 is 43.7 Å². The number of carbonyl (C=O) groups excluding carboxylic acids is 1. The van der Waals surface area contributed by atoms with Crippen LogP contribution >= 0.6 is 15.9 Å². The largest absolute Gasteiger partial charge is 0.490 e. The highest BCUT2D eigenvalue weighted by atomic mass is 79.9. The summed E-state index contributed by atoms with van der Waals surface area (Å²) >= 11 is 3.34. The van der Waals surface area contributed by atoms with Crippen molar-refractivity contribution in [2.45, 2.75) is 18.7 Å². The molecule has 0 bridgehead atoms. The van der Waals surface area contributed by atoms with Gasteiger partial charge < -0.3 is 14.2 Å². The van der Waals surface area contributed by atoms with Crippen LogP contribution in [0, 0.1) is 18.3 Å². The van der Waals surface area contributed by atoms with Crippen LogP contribution in [0.1, 0.15) is 18.1 Å². The molecule has 34 heavy (non-hydrogen) atoms. The van der Waals surface area contributed by atoms with Gasteiger partial charge in [-0.3, -0.25) is 4.79 Å². The molecule has 7 nitrogen and oxygen atoms in total. The predicted molar refractivity (Wildman–Crippen MR) is 133 cm³/mol. The van der Waals surface area contributed by atoms with E-state index in [0.29, 0.717) is 15.7 Å². The Morgan fingerprint density at radius 2 is 1.79 bits per heavy atom. The first-order valence-corrected chi connectivity index (χ1v) is 12.4. The molecule has 0 aromatic heterocycles. The maximum absolute atomic E-state index is 12.7. The lowest BCUT2D eigenvalue weighted by atomic mass is 10.1. The van der Waals surface area contributed by atoms with Crippen LogP contribution in [0.25, 0.3) is 6.08 Å². The van der Waals surface area contributed by atoms with E-state index in [1.165, 1.54) is 36.4 Å². The highest BCUT2D eigenvalue weighted by molar-refractivity contribution is 9.10. The number of hydrogen-bond acceptors (Lipinski definition) is 6. The Balaban J connectivity index is 1.88. The normalized spacial score (nSPS) is 11.4. The molecule has 9 heteroatoms. The molecule has 0 aliphatic rings. The number of nitriles is 1. The van der Waals surface area contributed by atoms with Crippen LogP contribution in [0.2, 0.25) is 0 Å². The minimum Gasteiger partial charge on any atom is -0.490 e. The number of carbonyl (C=O) groups is 1. The summed E-state index contributed by atoms with van der Waals surface area (Å²) in [5.74, 6) is -0.430. The van der Waals surface area contributed by atoms with E-state index in [0.717, 1.165) is 5.56 Å². The molecule has 0 unspecified atom stereocenters. The number of amides is 1. The van der Waals surface area contributed by atoms with Crippen LogP contribution in [0.15, 0.2) is 81.7 Å². The molecule has 0 heterocycles. The molecule has 3 rings (SSSR count). The molecule has 174 valence electrons. The summed E-state index contributed by atoms with van der Waals surface area (Å²) in [6.45, 7) is 3.85. The van der Waals surface area contributed by atoms with Crippen molar-refractivity contribution in [1.29, 1.82) is 5.26 Å². The molecule has 0 spiro atoms. The van der Waals surface area contributed by atoms with Gasteiger partial charge in [-0.05, 0) is 77.8 Å². The van der Waals surface area contributed by atoms with Gasteiger partial charge in [0.05, 0.1) is 12.3 Å². The fourth-order valence-electron chi connectivity index (χ4n) is 2.89. The second kappa shape index (κ2) is 11.0. The number of nitrogens with zero attached hydrogens (tertiary/aromatic N) is 1. The second-order valence-electron chi connectivity index (χ2n) is 7.09. The molecule has 1 N–H and O–H groups in total. The molecule has 0 fully saturated rings. The van der Waals surface area contributed by atoms with E-state index in [4.69, 9.17) is 8.92 Å². The molecule has 1 amide bonds. The fraction of sp³-hybridized carbons (Fsp3) is 0.120. The first-order valence-electron chi connectivity index (χ1n) is 10.2. The van der Waals surface area contributed by atoms with Gasteiger partial charge in [-0.2, -0.15) is 13.7 Å². The van der Waals surface area contributed by atoms with E-state index in [9.17, 15) is 18.5 Å². The van der Waals surface area contributed by atoms with E-state index >= 15 is 0 Å². The zero-order valence-electron chi connectivity index (χ0n) is 18.4. The molecular weight excluding hydrogens is 520 g/mol. The molecule has 3 aromatic rings. The molecule has 0 aliphatic heterocycles. The number of halogens is 1. The Labute approximate surface area is 206 Å². The van der Waals surface area contributed by atoms with Gasteiger partial charge in [0, 0.05) is 4.47 Å². The zero-order valence-corrected chi connectivity index (χ0v) is 20.8. The summed E-state index contributed by atoms with van der Waals surface area (Å²) in [4.78, 5) is 12.6. The second-order valence-corrected chi connectivity index (χ2v) is 9.49. The molecule has 0 radical (unpaired) electrons. The van der Waals surface area contributed by atoms with Gasteiger partial charge in [0.1, 0.15) is 16.5 Å². The Morgan fingerprint density at radius 1 is 1.09 bits per heavy atom. The molecule has 0 atom stereocenters. The summed E-state index contributed by atoms with van der Waals surface area (Å²) in [7, 11) is -4.08.